The maximum absolute atomic E-state index is 10.6. The molecule has 0 saturated carbocycles. The zero-order valence-electron chi connectivity index (χ0n) is 9.84. The van der Waals surface area contributed by atoms with Crippen LogP contribution in [0, 0.1) is 0 Å². The van der Waals surface area contributed by atoms with Crippen molar-refractivity contribution in [1.82, 2.24) is 14.9 Å². The van der Waals surface area contributed by atoms with Gasteiger partial charge in [-0.15, -0.1) is 0 Å². The number of aromatic nitrogens is 2. The molecule has 0 bridgehead atoms. The third kappa shape index (κ3) is 3.90. The molecule has 0 radical (unpaired) electrons. The van der Waals surface area contributed by atoms with E-state index < -0.39 is 0 Å². The predicted octanol–water partition coefficient (Wildman–Crippen LogP) is 0.653. The Morgan fingerprint density at radius 2 is 2.22 bits per heavy atom. The quantitative estimate of drug-likeness (QED) is 0.579. The smallest absolute Gasteiger partial charge is 0.318 e. The van der Waals surface area contributed by atoms with E-state index in [0.717, 1.165) is 32.8 Å². The molecule has 1 aromatic rings. The van der Waals surface area contributed by atoms with Gasteiger partial charge < -0.3 is 9.47 Å². The Bertz CT molecular complexity index is 411. The standard InChI is InChI=1S/C11H14ClN3O3/c12-10-7-9(8-16)13-11(14-10)18-6-3-15-1-4-17-5-2-15/h7-8H,1-6H2. The summed E-state index contributed by atoms with van der Waals surface area (Å²) < 4.78 is 10.6. The van der Waals surface area contributed by atoms with Gasteiger partial charge in [0, 0.05) is 25.7 Å². The molecule has 0 spiro atoms. The highest BCUT2D eigenvalue weighted by molar-refractivity contribution is 6.29. The number of carbonyl (C=O) groups is 1. The average Bonchev–Trinajstić information content (AvgIpc) is 2.39. The number of nitrogens with zero attached hydrogens (tertiary/aromatic N) is 3. The van der Waals surface area contributed by atoms with Gasteiger partial charge in [-0.25, -0.2) is 0 Å². The highest BCUT2D eigenvalue weighted by atomic mass is 35.5. The van der Waals surface area contributed by atoms with Crippen LogP contribution in [-0.2, 0) is 4.74 Å². The van der Waals surface area contributed by atoms with E-state index in [0.29, 0.717) is 12.9 Å². The van der Waals surface area contributed by atoms with Gasteiger partial charge >= 0.3 is 6.01 Å². The van der Waals surface area contributed by atoms with Gasteiger partial charge in [0.05, 0.1) is 13.2 Å². The van der Waals surface area contributed by atoms with Crippen molar-refractivity contribution in [2.75, 3.05) is 39.5 Å². The van der Waals surface area contributed by atoms with Gasteiger partial charge in [0.15, 0.2) is 6.29 Å². The van der Waals surface area contributed by atoms with Crippen LogP contribution in [0.15, 0.2) is 6.07 Å². The molecule has 1 fully saturated rings. The Morgan fingerprint density at radius 1 is 1.44 bits per heavy atom. The fourth-order valence-electron chi connectivity index (χ4n) is 1.63. The third-order valence-electron chi connectivity index (χ3n) is 2.56. The summed E-state index contributed by atoms with van der Waals surface area (Å²) in [7, 11) is 0. The maximum atomic E-state index is 10.6. The molecule has 1 aliphatic heterocycles. The van der Waals surface area contributed by atoms with Crippen molar-refractivity contribution in [2.45, 2.75) is 0 Å². The second-order valence-corrected chi connectivity index (χ2v) is 4.21. The Morgan fingerprint density at radius 3 is 2.94 bits per heavy atom. The van der Waals surface area contributed by atoms with E-state index in [1.807, 2.05) is 0 Å². The third-order valence-corrected chi connectivity index (χ3v) is 2.75. The van der Waals surface area contributed by atoms with Crippen LogP contribution >= 0.6 is 11.6 Å². The van der Waals surface area contributed by atoms with Crippen molar-refractivity contribution in [3.8, 4) is 6.01 Å². The Hall–Kier alpha value is -1.24. The van der Waals surface area contributed by atoms with E-state index >= 15 is 0 Å². The number of carbonyl (C=O) groups excluding carboxylic acids is 1. The summed E-state index contributed by atoms with van der Waals surface area (Å²) in [6.07, 6.45) is 0.613. The Labute approximate surface area is 110 Å². The van der Waals surface area contributed by atoms with Crippen molar-refractivity contribution in [3.63, 3.8) is 0 Å². The SMILES string of the molecule is O=Cc1cc(Cl)nc(OCCN2CCOCC2)n1. The molecular weight excluding hydrogens is 258 g/mol. The number of hydrogen-bond acceptors (Lipinski definition) is 6. The van der Waals surface area contributed by atoms with E-state index in [9.17, 15) is 4.79 Å². The van der Waals surface area contributed by atoms with Gasteiger partial charge in [-0.1, -0.05) is 11.6 Å². The number of ether oxygens (including phenoxy) is 2. The minimum Gasteiger partial charge on any atom is -0.462 e. The minimum atomic E-state index is 0.137. The van der Waals surface area contributed by atoms with E-state index in [2.05, 4.69) is 14.9 Å². The second kappa shape index (κ2) is 6.63. The summed E-state index contributed by atoms with van der Waals surface area (Å²) in [6, 6.07) is 1.53. The van der Waals surface area contributed by atoms with Crippen molar-refractivity contribution in [1.29, 1.82) is 0 Å². The molecule has 0 aliphatic carbocycles. The van der Waals surface area contributed by atoms with Crippen LogP contribution in [0.5, 0.6) is 6.01 Å². The van der Waals surface area contributed by atoms with E-state index in [1.165, 1.54) is 6.07 Å². The minimum absolute atomic E-state index is 0.137. The van der Waals surface area contributed by atoms with E-state index in [1.54, 1.807) is 0 Å². The van der Waals surface area contributed by atoms with Crippen LogP contribution in [0.3, 0.4) is 0 Å². The summed E-state index contributed by atoms with van der Waals surface area (Å²) in [5.41, 5.74) is 0.219. The summed E-state index contributed by atoms with van der Waals surface area (Å²) in [5.74, 6) is 0. The fourth-order valence-corrected chi connectivity index (χ4v) is 1.81. The molecule has 0 N–H and O–H groups in total. The molecule has 6 nitrogen and oxygen atoms in total. The number of aldehydes is 1. The molecule has 2 rings (SSSR count). The first-order chi connectivity index (χ1) is 8.78. The summed E-state index contributed by atoms with van der Waals surface area (Å²) >= 11 is 5.74. The van der Waals surface area contributed by atoms with Crippen LogP contribution in [0.4, 0.5) is 0 Å². The van der Waals surface area contributed by atoms with Crippen molar-refractivity contribution >= 4 is 17.9 Å². The summed E-state index contributed by atoms with van der Waals surface area (Å²) in [4.78, 5) is 20.6. The lowest BCUT2D eigenvalue weighted by Gasteiger charge is -2.26. The van der Waals surface area contributed by atoms with Crippen LogP contribution in [0.25, 0.3) is 0 Å². The first-order valence-corrected chi connectivity index (χ1v) is 6.08. The molecule has 1 saturated heterocycles. The number of hydrogen-bond donors (Lipinski definition) is 0. The number of rotatable bonds is 5. The van der Waals surface area contributed by atoms with E-state index in [4.69, 9.17) is 21.1 Å². The lowest BCUT2D eigenvalue weighted by molar-refractivity contribution is 0.0317. The molecule has 2 heterocycles. The molecule has 7 heteroatoms. The summed E-state index contributed by atoms with van der Waals surface area (Å²) in [6.45, 7) is 4.54. The van der Waals surface area contributed by atoms with Gasteiger partial charge in [0.1, 0.15) is 17.5 Å². The lowest BCUT2D eigenvalue weighted by Crippen LogP contribution is -2.38. The molecule has 1 aromatic heterocycles. The van der Waals surface area contributed by atoms with Crippen molar-refractivity contribution in [2.24, 2.45) is 0 Å². The van der Waals surface area contributed by atoms with Gasteiger partial charge in [-0.05, 0) is 0 Å². The molecule has 1 aliphatic rings. The maximum Gasteiger partial charge on any atom is 0.318 e. The molecule has 0 aromatic carbocycles. The van der Waals surface area contributed by atoms with Crippen molar-refractivity contribution < 1.29 is 14.3 Å². The summed E-state index contributed by atoms with van der Waals surface area (Å²) in [5, 5.41) is 0.202. The molecule has 0 amide bonds. The molecule has 98 valence electrons. The fraction of sp³-hybridized carbons (Fsp3) is 0.545. The topological polar surface area (TPSA) is 64.5 Å². The molecule has 18 heavy (non-hydrogen) atoms. The number of halogens is 1. The number of morpholine rings is 1. The highest BCUT2D eigenvalue weighted by Crippen LogP contribution is 2.10. The predicted molar refractivity (Wildman–Crippen MR) is 65.2 cm³/mol. The van der Waals surface area contributed by atoms with E-state index in [-0.39, 0.29) is 16.9 Å². The lowest BCUT2D eigenvalue weighted by atomic mass is 10.4. The zero-order chi connectivity index (χ0) is 12.8. The van der Waals surface area contributed by atoms with Crippen LogP contribution in [0.1, 0.15) is 10.5 Å². The van der Waals surface area contributed by atoms with Gasteiger partial charge in [-0.3, -0.25) is 9.69 Å². The van der Waals surface area contributed by atoms with Crippen LogP contribution in [0.2, 0.25) is 5.15 Å². The normalized spacial score (nSPS) is 16.5. The van der Waals surface area contributed by atoms with Gasteiger partial charge in [0.25, 0.3) is 0 Å². The Balaban J connectivity index is 1.82. The first-order valence-electron chi connectivity index (χ1n) is 5.70. The van der Waals surface area contributed by atoms with Crippen LogP contribution in [-0.4, -0.2) is 60.6 Å². The Kier molecular flexibility index (Phi) is 4.86. The largest absolute Gasteiger partial charge is 0.462 e. The van der Waals surface area contributed by atoms with Gasteiger partial charge in [0.2, 0.25) is 0 Å². The molecular formula is C11H14ClN3O3. The second-order valence-electron chi connectivity index (χ2n) is 3.82. The zero-order valence-corrected chi connectivity index (χ0v) is 10.6. The highest BCUT2D eigenvalue weighted by Gasteiger charge is 2.10. The molecule has 0 unspecified atom stereocenters. The monoisotopic (exact) mass is 271 g/mol. The first kappa shape index (κ1) is 13.2. The van der Waals surface area contributed by atoms with Crippen molar-refractivity contribution in [3.05, 3.63) is 16.9 Å². The molecule has 0 atom stereocenters. The average molecular weight is 272 g/mol. The van der Waals surface area contributed by atoms with Crippen LogP contribution < -0.4 is 4.74 Å². The van der Waals surface area contributed by atoms with Gasteiger partial charge in [-0.2, -0.15) is 9.97 Å².